The minimum Gasteiger partial charge on any atom is -0.349 e. The van der Waals surface area contributed by atoms with Gasteiger partial charge in [0, 0.05) is 29.1 Å². The van der Waals surface area contributed by atoms with E-state index in [9.17, 15) is 18.0 Å². The molecular weight excluding hydrogens is 416 g/mol. The second-order valence-electron chi connectivity index (χ2n) is 8.02. The van der Waals surface area contributed by atoms with Gasteiger partial charge < -0.3 is 16.0 Å². The number of nitrogens with one attached hydrogen (secondary N) is 1. The summed E-state index contributed by atoms with van der Waals surface area (Å²) in [5.41, 5.74) is 8.83. The molecule has 1 saturated carbocycles. The number of aryl methyl sites for hydroxylation is 1. The van der Waals surface area contributed by atoms with Gasteiger partial charge in [-0.3, -0.25) is 14.6 Å². The van der Waals surface area contributed by atoms with Crippen LogP contribution in [0.1, 0.15) is 39.1 Å². The second-order valence-corrected chi connectivity index (χ2v) is 10.0. The molecule has 1 fully saturated rings. The zero-order valence-corrected chi connectivity index (χ0v) is 18.1. The van der Waals surface area contributed by atoms with Gasteiger partial charge >= 0.3 is 0 Å². The monoisotopic (exact) mass is 440 g/mol. The number of amides is 1. The van der Waals surface area contributed by atoms with E-state index in [1.165, 1.54) is 30.6 Å². The molecule has 2 unspecified atom stereocenters. The van der Waals surface area contributed by atoms with Crippen molar-refractivity contribution in [2.45, 2.75) is 42.9 Å². The van der Waals surface area contributed by atoms with Crippen LogP contribution in [-0.2, 0) is 9.84 Å². The Kier molecular flexibility index (Phi) is 5.40. The first-order valence-electron chi connectivity index (χ1n) is 9.98. The molecule has 8 nitrogen and oxygen atoms in total. The van der Waals surface area contributed by atoms with Gasteiger partial charge in [-0.2, -0.15) is 0 Å². The maximum absolute atomic E-state index is 12.9. The van der Waals surface area contributed by atoms with Crippen LogP contribution in [-0.4, -0.2) is 51.0 Å². The topological polar surface area (TPSA) is 122 Å². The van der Waals surface area contributed by atoms with Crippen molar-refractivity contribution in [1.82, 2.24) is 5.32 Å². The minimum atomic E-state index is -3.35. The van der Waals surface area contributed by atoms with Gasteiger partial charge in [-0.25, -0.2) is 8.42 Å². The second kappa shape index (κ2) is 7.90. The van der Waals surface area contributed by atoms with Crippen LogP contribution >= 0.6 is 0 Å². The van der Waals surface area contributed by atoms with Crippen molar-refractivity contribution < 1.29 is 18.0 Å². The van der Waals surface area contributed by atoms with E-state index in [0.29, 0.717) is 16.8 Å². The Morgan fingerprint density at radius 1 is 1.10 bits per heavy atom. The van der Waals surface area contributed by atoms with Crippen LogP contribution in [0.5, 0.6) is 0 Å². The molecule has 3 N–H and O–H groups in total. The molecule has 1 heterocycles. The third kappa shape index (κ3) is 4.38. The van der Waals surface area contributed by atoms with E-state index in [-0.39, 0.29) is 22.6 Å². The summed E-state index contributed by atoms with van der Waals surface area (Å²) in [7, 11) is -3.35. The number of hydrogen-bond acceptors (Lipinski definition) is 7. The van der Waals surface area contributed by atoms with E-state index in [1.54, 1.807) is 17.0 Å². The van der Waals surface area contributed by atoms with Crippen molar-refractivity contribution in [3.63, 3.8) is 0 Å². The number of carbonyl (C=O) groups excluding carboxylic acids is 2. The van der Waals surface area contributed by atoms with Gasteiger partial charge in [-0.15, -0.1) is 0 Å². The number of aliphatic imine (C=N–C) groups is 1. The van der Waals surface area contributed by atoms with Crippen molar-refractivity contribution in [1.29, 1.82) is 0 Å². The highest BCUT2D eigenvalue weighted by atomic mass is 32.2. The normalized spacial score (nSPS) is 20.7. The average molecular weight is 441 g/mol. The molecule has 4 rings (SSSR count). The maximum Gasteiger partial charge on any atom is 0.251 e. The summed E-state index contributed by atoms with van der Waals surface area (Å²) in [4.78, 5) is 31.5. The Balaban J connectivity index is 1.53. The van der Waals surface area contributed by atoms with Crippen molar-refractivity contribution in [2.24, 2.45) is 10.7 Å². The summed E-state index contributed by atoms with van der Waals surface area (Å²) in [6.45, 7) is 1.90. The summed E-state index contributed by atoms with van der Waals surface area (Å²) in [5.74, 6) is -0.432. The number of hydrogen-bond donors (Lipinski definition) is 2. The molecule has 2 aromatic rings. The number of nitrogens with two attached hydrogens (primary N) is 1. The molecule has 9 heteroatoms. The standard InChI is InChI=1S/C22H24N4O4S/c1-13-3-4-15(22(28)25-16-7-8-16)11-18(13)26-12-24-19(21(26)23)20(27)14-5-9-17(10-6-14)31(2,29)30/h3-6,9-12,16,19,21H,7-8,23H2,1-2H3,(H,25,28). The molecule has 0 spiro atoms. The molecule has 1 amide bonds. The maximum atomic E-state index is 12.9. The molecule has 2 aliphatic rings. The van der Waals surface area contributed by atoms with Crippen molar-refractivity contribution in [3.8, 4) is 0 Å². The Hall–Kier alpha value is -3.04. The molecule has 0 bridgehead atoms. The molecule has 31 heavy (non-hydrogen) atoms. The van der Waals surface area contributed by atoms with Crippen LogP contribution in [0.2, 0.25) is 0 Å². The molecule has 1 aliphatic heterocycles. The zero-order chi connectivity index (χ0) is 22.3. The first kappa shape index (κ1) is 21.2. The van der Waals surface area contributed by atoms with E-state index < -0.39 is 22.0 Å². The number of carbonyl (C=O) groups is 2. The van der Waals surface area contributed by atoms with E-state index >= 15 is 0 Å². The van der Waals surface area contributed by atoms with Gasteiger partial charge in [0.15, 0.2) is 15.6 Å². The van der Waals surface area contributed by atoms with E-state index in [0.717, 1.165) is 24.7 Å². The van der Waals surface area contributed by atoms with Crippen molar-refractivity contribution in [3.05, 3.63) is 59.2 Å². The summed E-state index contributed by atoms with van der Waals surface area (Å²) >= 11 is 0. The van der Waals surface area contributed by atoms with E-state index in [4.69, 9.17) is 5.73 Å². The fourth-order valence-electron chi connectivity index (χ4n) is 3.47. The number of ketones is 1. The highest BCUT2D eigenvalue weighted by Crippen LogP contribution is 2.28. The number of anilines is 1. The van der Waals surface area contributed by atoms with Gasteiger partial charge in [-0.05, 0) is 49.6 Å². The number of benzene rings is 2. The molecule has 0 aromatic heterocycles. The fourth-order valence-corrected chi connectivity index (χ4v) is 4.10. The molecule has 2 atom stereocenters. The number of Topliss-reactive ketones (excluding diaryl/α,β-unsaturated/α-hetero) is 1. The van der Waals surface area contributed by atoms with Gasteiger partial charge in [0.1, 0.15) is 12.2 Å². The predicted molar refractivity (Wildman–Crippen MR) is 118 cm³/mol. The summed E-state index contributed by atoms with van der Waals surface area (Å²) < 4.78 is 23.3. The van der Waals surface area contributed by atoms with Gasteiger partial charge in [-0.1, -0.05) is 18.2 Å². The van der Waals surface area contributed by atoms with Crippen LogP contribution in [0.4, 0.5) is 5.69 Å². The summed E-state index contributed by atoms with van der Waals surface area (Å²) in [5, 5.41) is 2.96. The first-order chi connectivity index (χ1) is 14.6. The van der Waals surface area contributed by atoms with Crippen molar-refractivity contribution >= 4 is 33.6 Å². The molecule has 2 aromatic carbocycles. The highest BCUT2D eigenvalue weighted by molar-refractivity contribution is 7.90. The lowest BCUT2D eigenvalue weighted by Gasteiger charge is -2.26. The van der Waals surface area contributed by atoms with Crippen molar-refractivity contribution in [2.75, 3.05) is 11.2 Å². The predicted octanol–water partition coefficient (Wildman–Crippen LogP) is 1.68. The first-order valence-corrected chi connectivity index (χ1v) is 11.9. The fraction of sp³-hybridized carbons (Fsp3) is 0.318. The van der Waals surface area contributed by atoms with Gasteiger partial charge in [0.05, 0.1) is 11.2 Å². The molecule has 1 aliphatic carbocycles. The Bertz CT molecular complexity index is 1170. The number of sulfone groups is 1. The largest absolute Gasteiger partial charge is 0.349 e. The molecule has 162 valence electrons. The molecule has 0 saturated heterocycles. The summed E-state index contributed by atoms with van der Waals surface area (Å²) in [6.07, 6.45) is 3.89. The minimum absolute atomic E-state index is 0.132. The zero-order valence-electron chi connectivity index (χ0n) is 17.3. The average Bonchev–Trinajstić information content (AvgIpc) is 3.47. The summed E-state index contributed by atoms with van der Waals surface area (Å²) in [6, 6.07) is 10.5. The van der Waals surface area contributed by atoms with Crippen LogP contribution in [0.3, 0.4) is 0 Å². The lowest BCUT2D eigenvalue weighted by atomic mass is 10.0. The highest BCUT2D eigenvalue weighted by Gasteiger charge is 2.35. The van der Waals surface area contributed by atoms with E-state index in [2.05, 4.69) is 10.3 Å². The number of nitrogens with zero attached hydrogens (tertiary/aromatic N) is 2. The molecular formula is C22H24N4O4S. The third-order valence-electron chi connectivity index (χ3n) is 5.49. The van der Waals surface area contributed by atoms with E-state index in [1.807, 2.05) is 13.0 Å². The smallest absolute Gasteiger partial charge is 0.251 e. The van der Waals surface area contributed by atoms with Crippen LogP contribution < -0.4 is 16.0 Å². The number of rotatable bonds is 6. The van der Waals surface area contributed by atoms with Gasteiger partial charge in [0.2, 0.25) is 0 Å². The van der Waals surface area contributed by atoms with Crippen LogP contribution in [0, 0.1) is 6.92 Å². The third-order valence-corrected chi connectivity index (χ3v) is 6.62. The Morgan fingerprint density at radius 2 is 1.74 bits per heavy atom. The van der Waals surface area contributed by atoms with Crippen LogP contribution in [0.25, 0.3) is 0 Å². The SMILES string of the molecule is Cc1ccc(C(=O)NC2CC2)cc1N1C=NC(C(=O)c2ccc(S(C)(=O)=O)cc2)C1N. The van der Waals surface area contributed by atoms with Crippen LogP contribution in [0.15, 0.2) is 52.4 Å². The quantitative estimate of drug-likeness (QED) is 0.659. The Morgan fingerprint density at radius 3 is 2.35 bits per heavy atom. The lowest BCUT2D eigenvalue weighted by molar-refractivity contribution is 0.0944. The van der Waals surface area contributed by atoms with Gasteiger partial charge in [0.25, 0.3) is 5.91 Å². The molecule has 0 radical (unpaired) electrons. The lowest BCUT2D eigenvalue weighted by Crippen LogP contribution is -2.47. The Labute approximate surface area is 181 Å².